The maximum Gasteiger partial charge on any atom is 0.164 e. The lowest BCUT2D eigenvalue weighted by molar-refractivity contribution is -0.116. The lowest BCUT2D eigenvalue weighted by atomic mass is 9.88. The Balaban J connectivity index is 1.91. The van der Waals surface area contributed by atoms with Crippen molar-refractivity contribution in [1.29, 1.82) is 0 Å². The summed E-state index contributed by atoms with van der Waals surface area (Å²) in [5.41, 5.74) is 3.55. The van der Waals surface area contributed by atoms with E-state index < -0.39 is 0 Å². The fourth-order valence-corrected chi connectivity index (χ4v) is 3.39. The van der Waals surface area contributed by atoms with Crippen LogP contribution in [-0.4, -0.2) is 16.7 Å². The van der Waals surface area contributed by atoms with Gasteiger partial charge >= 0.3 is 0 Å². The molecule has 0 amide bonds. The van der Waals surface area contributed by atoms with Gasteiger partial charge in [0.25, 0.3) is 0 Å². The van der Waals surface area contributed by atoms with Crippen molar-refractivity contribution in [3.05, 3.63) is 59.3 Å². The van der Waals surface area contributed by atoms with E-state index in [1.807, 2.05) is 0 Å². The molecule has 3 rings (SSSR count). The predicted molar refractivity (Wildman–Crippen MR) is 85.7 cm³/mol. The number of benzene rings is 1. The molecule has 1 heterocycles. The number of nitrogens with zero attached hydrogens (tertiary/aromatic N) is 1. The Kier molecular flexibility index (Phi) is 4.23. The number of allylic oxidation sites excluding steroid dienone is 3. The van der Waals surface area contributed by atoms with Crippen molar-refractivity contribution in [3.63, 3.8) is 0 Å². The molecule has 21 heavy (non-hydrogen) atoms. The van der Waals surface area contributed by atoms with Gasteiger partial charge in [-0.15, -0.1) is 0 Å². The highest BCUT2D eigenvalue weighted by molar-refractivity contribution is 5.99. The van der Waals surface area contributed by atoms with Gasteiger partial charge in [-0.25, -0.2) is 0 Å². The van der Waals surface area contributed by atoms with Crippen molar-refractivity contribution >= 4 is 5.78 Å². The highest BCUT2D eigenvalue weighted by Gasteiger charge is 2.29. The summed E-state index contributed by atoms with van der Waals surface area (Å²) in [6.07, 6.45) is 9.37. The van der Waals surface area contributed by atoms with Crippen LogP contribution in [0.25, 0.3) is 0 Å². The highest BCUT2D eigenvalue weighted by Crippen LogP contribution is 2.33. The molecular formula is C19H23NO. The molecule has 1 atom stereocenters. The number of carbonyl (C=O) groups excluding carboxylic acids is 1. The molecule has 2 heteroatoms. The zero-order valence-electron chi connectivity index (χ0n) is 12.7. The number of hydrogen-bond acceptors (Lipinski definition) is 2. The maximum absolute atomic E-state index is 12.2. The lowest BCUT2D eigenvalue weighted by Crippen LogP contribution is -2.37. The smallest absolute Gasteiger partial charge is 0.164 e. The van der Waals surface area contributed by atoms with Gasteiger partial charge in [-0.1, -0.05) is 55.8 Å². The van der Waals surface area contributed by atoms with Gasteiger partial charge in [0.2, 0.25) is 0 Å². The Morgan fingerprint density at radius 1 is 1.19 bits per heavy atom. The zero-order chi connectivity index (χ0) is 14.7. The predicted octanol–water partition coefficient (Wildman–Crippen LogP) is 4.23. The zero-order valence-corrected chi connectivity index (χ0v) is 12.7. The van der Waals surface area contributed by atoms with Gasteiger partial charge in [0, 0.05) is 30.3 Å². The third-order valence-corrected chi connectivity index (χ3v) is 4.44. The molecule has 2 aliphatic rings. The molecule has 1 unspecified atom stereocenters. The largest absolute Gasteiger partial charge is 0.363 e. The molecule has 0 bridgehead atoms. The molecule has 0 N–H and O–H groups in total. The van der Waals surface area contributed by atoms with Crippen molar-refractivity contribution in [2.24, 2.45) is 0 Å². The fraction of sp³-hybridized carbons (Fsp3) is 0.421. The number of hydrogen-bond donors (Lipinski definition) is 0. The summed E-state index contributed by atoms with van der Waals surface area (Å²) in [4.78, 5) is 14.6. The van der Waals surface area contributed by atoms with Crippen LogP contribution < -0.4 is 0 Å². The van der Waals surface area contributed by atoms with Gasteiger partial charge < -0.3 is 4.90 Å². The summed E-state index contributed by atoms with van der Waals surface area (Å²) >= 11 is 0. The highest BCUT2D eigenvalue weighted by atomic mass is 16.1. The summed E-state index contributed by atoms with van der Waals surface area (Å²) < 4.78 is 0. The Bertz CT molecular complexity index is 570. The first-order valence-electron chi connectivity index (χ1n) is 8.04. The first-order chi connectivity index (χ1) is 10.3. The van der Waals surface area contributed by atoms with Crippen LogP contribution in [0.1, 0.15) is 44.6 Å². The van der Waals surface area contributed by atoms with E-state index in [1.54, 1.807) is 0 Å². The van der Waals surface area contributed by atoms with Gasteiger partial charge in [-0.3, -0.25) is 4.79 Å². The fourth-order valence-electron chi connectivity index (χ4n) is 3.39. The van der Waals surface area contributed by atoms with Gasteiger partial charge in [-0.2, -0.15) is 0 Å². The van der Waals surface area contributed by atoms with E-state index in [9.17, 15) is 4.79 Å². The van der Waals surface area contributed by atoms with Crippen LogP contribution in [0.15, 0.2) is 53.8 Å². The second-order valence-electron chi connectivity index (χ2n) is 5.97. The van der Waals surface area contributed by atoms with Gasteiger partial charge in [-0.05, 0) is 24.8 Å². The molecule has 0 aromatic heterocycles. The van der Waals surface area contributed by atoms with Gasteiger partial charge in [0.1, 0.15) is 0 Å². The molecule has 1 aliphatic carbocycles. The molecule has 2 nitrogen and oxygen atoms in total. The van der Waals surface area contributed by atoms with Crippen molar-refractivity contribution in [1.82, 2.24) is 4.90 Å². The average molecular weight is 281 g/mol. The van der Waals surface area contributed by atoms with E-state index >= 15 is 0 Å². The number of carbonyl (C=O) groups is 1. The Morgan fingerprint density at radius 3 is 2.76 bits per heavy atom. The Morgan fingerprint density at radius 2 is 2.00 bits per heavy atom. The molecule has 1 aliphatic heterocycles. The van der Waals surface area contributed by atoms with E-state index in [-0.39, 0.29) is 0 Å². The van der Waals surface area contributed by atoms with Crippen LogP contribution in [0.5, 0.6) is 0 Å². The number of ketones is 1. The van der Waals surface area contributed by atoms with Crippen LogP contribution in [0.2, 0.25) is 0 Å². The van der Waals surface area contributed by atoms with Crippen molar-refractivity contribution < 1.29 is 4.79 Å². The van der Waals surface area contributed by atoms with Crippen molar-refractivity contribution in [2.75, 3.05) is 0 Å². The summed E-state index contributed by atoms with van der Waals surface area (Å²) in [6.45, 7) is 3.13. The Hall–Kier alpha value is -1.83. The van der Waals surface area contributed by atoms with Crippen LogP contribution in [0.3, 0.4) is 0 Å². The van der Waals surface area contributed by atoms with Crippen LogP contribution >= 0.6 is 0 Å². The monoisotopic (exact) mass is 281 g/mol. The van der Waals surface area contributed by atoms with E-state index in [2.05, 4.69) is 54.3 Å². The standard InChI is InChI=1S/C19H23NO/c1-2-7-16-12-13-17-18(10-6-11-19(17)21)20(16)14-15-8-4-3-5-9-15/h3-5,8-9,12-13,16H,2,6-7,10-11,14H2,1H3. The van der Waals surface area contributed by atoms with Crippen LogP contribution in [-0.2, 0) is 11.3 Å². The molecule has 110 valence electrons. The number of rotatable bonds is 4. The molecule has 1 aromatic carbocycles. The summed E-state index contributed by atoms with van der Waals surface area (Å²) in [7, 11) is 0. The van der Waals surface area contributed by atoms with Crippen LogP contribution in [0.4, 0.5) is 0 Å². The Labute approximate surface area is 127 Å². The molecular weight excluding hydrogens is 258 g/mol. The normalized spacial score (nSPS) is 21.7. The van der Waals surface area contributed by atoms with Crippen molar-refractivity contribution in [3.8, 4) is 0 Å². The second kappa shape index (κ2) is 6.30. The SMILES string of the molecule is CCCC1C=CC2=C(CCCC2=O)N1Cc1ccccc1. The molecule has 0 saturated heterocycles. The molecule has 1 aromatic rings. The van der Waals surface area contributed by atoms with Gasteiger partial charge in [0.15, 0.2) is 5.78 Å². The molecule has 0 spiro atoms. The number of Topliss-reactive ketones (excluding diaryl/α,β-unsaturated/α-hetero) is 1. The minimum absolute atomic E-state index is 0.320. The molecule has 0 fully saturated rings. The third kappa shape index (κ3) is 2.94. The summed E-state index contributed by atoms with van der Waals surface area (Å²) in [5.74, 6) is 0.320. The van der Waals surface area contributed by atoms with E-state index in [0.29, 0.717) is 18.2 Å². The lowest BCUT2D eigenvalue weighted by Gasteiger charge is -2.39. The molecule has 0 radical (unpaired) electrons. The molecule has 0 saturated carbocycles. The van der Waals surface area contributed by atoms with Crippen LogP contribution in [0, 0.1) is 0 Å². The van der Waals surface area contributed by atoms with Crippen molar-refractivity contribution in [2.45, 2.75) is 51.6 Å². The third-order valence-electron chi connectivity index (χ3n) is 4.44. The van der Waals surface area contributed by atoms with E-state index in [4.69, 9.17) is 0 Å². The quantitative estimate of drug-likeness (QED) is 0.823. The summed E-state index contributed by atoms with van der Waals surface area (Å²) in [6, 6.07) is 11.0. The minimum Gasteiger partial charge on any atom is -0.363 e. The topological polar surface area (TPSA) is 20.3 Å². The van der Waals surface area contributed by atoms with E-state index in [1.165, 1.54) is 11.3 Å². The minimum atomic E-state index is 0.320. The first kappa shape index (κ1) is 14.1. The van der Waals surface area contributed by atoms with Gasteiger partial charge in [0.05, 0.1) is 0 Å². The van der Waals surface area contributed by atoms with E-state index in [0.717, 1.165) is 37.8 Å². The summed E-state index contributed by atoms with van der Waals surface area (Å²) in [5, 5.41) is 0. The maximum atomic E-state index is 12.2. The second-order valence-corrected chi connectivity index (χ2v) is 5.97. The average Bonchev–Trinajstić information content (AvgIpc) is 2.51. The first-order valence-corrected chi connectivity index (χ1v) is 8.04.